The number of rotatable bonds is 4. The van der Waals surface area contributed by atoms with E-state index >= 15 is 0 Å². The van der Waals surface area contributed by atoms with E-state index in [9.17, 15) is 22.8 Å². The molecule has 1 unspecified atom stereocenters. The topological polar surface area (TPSA) is 80.1 Å². The van der Waals surface area contributed by atoms with Crippen LogP contribution in [-0.2, 0) is 15.8 Å². The zero-order chi connectivity index (χ0) is 23.0. The van der Waals surface area contributed by atoms with Crippen LogP contribution >= 0.6 is 0 Å². The van der Waals surface area contributed by atoms with Crippen molar-refractivity contribution in [2.45, 2.75) is 26.4 Å². The highest BCUT2D eigenvalue weighted by Crippen LogP contribution is 2.34. The molecule has 32 heavy (non-hydrogen) atoms. The van der Waals surface area contributed by atoms with Crippen LogP contribution in [0.2, 0.25) is 0 Å². The van der Waals surface area contributed by atoms with Crippen molar-refractivity contribution >= 4 is 23.2 Å². The Morgan fingerprint density at radius 3 is 2.62 bits per heavy atom. The Morgan fingerprint density at radius 1 is 1.16 bits per heavy atom. The summed E-state index contributed by atoms with van der Waals surface area (Å²) < 4.78 is 41.0. The van der Waals surface area contributed by atoms with Gasteiger partial charge in [0.25, 0.3) is 0 Å². The van der Waals surface area contributed by atoms with Crippen LogP contribution in [0.3, 0.4) is 0 Å². The number of halogens is 3. The van der Waals surface area contributed by atoms with Crippen molar-refractivity contribution in [2.75, 3.05) is 16.8 Å². The molecule has 2 aromatic carbocycles. The van der Waals surface area contributed by atoms with E-state index in [0.29, 0.717) is 0 Å². The lowest BCUT2D eigenvalue weighted by atomic mass is 10.1. The van der Waals surface area contributed by atoms with Crippen molar-refractivity contribution in [2.24, 2.45) is 5.92 Å². The third-order valence-corrected chi connectivity index (χ3v) is 5.61. The van der Waals surface area contributed by atoms with E-state index in [1.54, 1.807) is 4.90 Å². The highest BCUT2D eigenvalue weighted by atomic mass is 19.4. The number of nitrogens with one attached hydrogen (secondary N) is 1. The van der Waals surface area contributed by atoms with Crippen LogP contribution in [-0.4, -0.2) is 33.1 Å². The Hall–Kier alpha value is -3.69. The maximum atomic E-state index is 13.2. The number of hydrogen-bond acceptors (Lipinski definition) is 4. The van der Waals surface area contributed by atoms with Gasteiger partial charge in [0.1, 0.15) is 12.7 Å². The summed E-state index contributed by atoms with van der Waals surface area (Å²) in [7, 11) is 0. The normalized spacial score (nSPS) is 16.5. The Balaban J connectivity index is 1.60. The molecule has 0 spiro atoms. The molecular formula is C22H20F3N5O2. The van der Waals surface area contributed by atoms with Crippen molar-refractivity contribution in [1.82, 2.24) is 14.8 Å². The Labute approximate surface area is 181 Å². The second kappa shape index (κ2) is 8.10. The van der Waals surface area contributed by atoms with Gasteiger partial charge in [-0.05, 0) is 49.2 Å². The maximum absolute atomic E-state index is 13.2. The molecule has 10 heteroatoms. The zero-order valence-electron chi connectivity index (χ0n) is 17.3. The molecule has 3 aromatic rings. The minimum absolute atomic E-state index is 0.0309. The van der Waals surface area contributed by atoms with Gasteiger partial charge in [0.15, 0.2) is 0 Å². The molecule has 1 aliphatic heterocycles. The number of nitrogens with zero attached hydrogens (tertiary/aromatic N) is 4. The first kappa shape index (κ1) is 21.5. The van der Waals surface area contributed by atoms with Crippen molar-refractivity contribution in [3.8, 4) is 5.69 Å². The van der Waals surface area contributed by atoms with E-state index in [1.165, 1.54) is 23.4 Å². The van der Waals surface area contributed by atoms with Gasteiger partial charge in [0, 0.05) is 18.7 Å². The van der Waals surface area contributed by atoms with E-state index in [-0.39, 0.29) is 30.2 Å². The van der Waals surface area contributed by atoms with Gasteiger partial charge in [-0.3, -0.25) is 9.59 Å². The number of amides is 2. The van der Waals surface area contributed by atoms with Crippen molar-refractivity contribution < 1.29 is 22.8 Å². The highest BCUT2D eigenvalue weighted by Gasteiger charge is 2.37. The molecule has 1 aliphatic rings. The predicted molar refractivity (Wildman–Crippen MR) is 111 cm³/mol. The van der Waals surface area contributed by atoms with Gasteiger partial charge in [0.2, 0.25) is 11.8 Å². The van der Waals surface area contributed by atoms with Gasteiger partial charge in [-0.1, -0.05) is 12.1 Å². The van der Waals surface area contributed by atoms with E-state index < -0.39 is 23.6 Å². The summed E-state index contributed by atoms with van der Waals surface area (Å²) in [4.78, 5) is 30.9. The summed E-state index contributed by atoms with van der Waals surface area (Å²) in [6.07, 6.45) is -2.05. The number of carbonyl (C=O) groups is 2. The van der Waals surface area contributed by atoms with Crippen LogP contribution in [0.5, 0.6) is 0 Å². The predicted octanol–water partition coefficient (Wildman–Crippen LogP) is 3.89. The fraction of sp³-hybridized carbons (Fsp3) is 0.273. The number of aryl methyl sites for hydroxylation is 1. The number of anilines is 2. The molecule has 1 aromatic heterocycles. The highest BCUT2D eigenvalue weighted by molar-refractivity contribution is 6.04. The molecule has 1 saturated heterocycles. The Morgan fingerprint density at radius 2 is 1.94 bits per heavy atom. The van der Waals surface area contributed by atoms with Crippen molar-refractivity contribution in [3.63, 3.8) is 0 Å². The molecule has 166 valence electrons. The molecule has 2 heterocycles. The van der Waals surface area contributed by atoms with Crippen LogP contribution in [0.1, 0.15) is 23.1 Å². The third kappa shape index (κ3) is 4.08. The van der Waals surface area contributed by atoms with Gasteiger partial charge in [-0.2, -0.15) is 18.3 Å². The van der Waals surface area contributed by atoms with E-state index in [4.69, 9.17) is 0 Å². The first-order valence-corrected chi connectivity index (χ1v) is 9.89. The minimum Gasteiger partial charge on any atom is -0.324 e. The molecule has 1 N–H and O–H groups in total. The number of aromatic nitrogens is 3. The van der Waals surface area contributed by atoms with E-state index in [1.807, 2.05) is 32.0 Å². The van der Waals surface area contributed by atoms with Crippen LogP contribution in [0.4, 0.5) is 24.5 Å². The first-order chi connectivity index (χ1) is 15.1. The third-order valence-electron chi connectivity index (χ3n) is 5.61. The summed E-state index contributed by atoms with van der Waals surface area (Å²) in [5, 5.41) is 6.50. The molecular weight excluding hydrogens is 423 g/mol. The van der Waals surface area contributed by atoms with Gasteiger partial charge in [-0.25, -0.2) is 9.67 Å². The van der Waals surface area contributed by atoms with Gasteiger partial charge in [-0.15, -0.1) is 0 Å². The fourth-order valence-electron chi connectivity index (χ4n) is 3.72. The molecule has 4 rings (SSSR count). The molecule has 0 bridgehead atoms. The zero-order valence-corrected chi connectivity index (χ0v) is 17.3. The van der Waals surface area contributed by atoms with Crippen LogP contribution in [0, 0.1) is 19.8 Å². The minimum atomic E-state index is -4.58. The average Bonchev–Trinajstić information content (AvgIpc) is 3.39. The van der Waals surface area contributed by atoms with Gasteiger partial charge >= 0.3 is 6.18 Å². The lowest BCUT2D eigenvalue weighted by Crippen LogP contribution is -2.29. The lowest BCUT2D eigenvalue weighted by molar-refractivity contribution is -0.137. The van der Waals surface area contributed by atoms with Crippen LogP contribution in [0.15, 0.2) is 49.1 Å². The summed E-state index contributed by atoms with van der Waals surface area (Å²) >= 11 is 0. The van der Waals surface area contributed by atoms with E-state index in [0.717, 1.165) is 28.9 Å². The summed E-state index contributed by atoms with van der Waals surface area (Å²) in [6.45, 7) is 3.98. The quantitative estimate of drug-likeness (QED) is 0.664. The van der Waals surface area contributed by atoms with Crippen LogP contribution in [0.25, 0.3) is 5.69 Å². The maximum Gasteiger partial charge on any atom is 0.416 e. The summed E-state index contributed by atoms with van der Waals surface area (Å²) in [6, 6.07) is 8.57. The Bertz CT molecular complexity index is 1170. The summed E-state index contributed by atoms with van der Waals surface area (Å²) in [5.74, 6) is -1.45. The number of benzene rings is 2. The SMILES string of the molecule is Cc1cccc(N2CC(C(=O)Nc3cc(C(F)(F)F)ccc3-n3cncn3)CC2=O)c1C. The van der Waals surface area contributed by atoms with Crippen LogP contribution < -0.4 is 10.2 Å². The summed E-state index contributed by atoms with van der Waals surface area (Å²) in [5.41, 5.74) is 1.95. The van der Waals surface area contributed by atoms with Crippen molar-refractivity contribution in [3.05, 3.63) is 65.7 Å². The van der Waals surface area contributed by atoms with Gasteiger partial charge < -0.3 is 10.2 Å². The smallest absolute Gasteiger partial charge is 0.324 e. The number of hydrogen-bond donors (Lipinski definition) is 1. The molecule has 0 aliphatic carbocycles. The number of alkyl halides is 3. The standard InChI is InChI=1S/C22H20F3N5O2/c1-13-4-3-5-18(14(13)2)29-10-15(8-20(29)31)21(32)28-17-9-16(22(23,24)25)6-7-19(17)30-12-26-11-27-30/h3-7,9,11-12,15H,8,10H2,1-2H3,(H,28,32). The second-order valence-electron chi connectivity index (χ2n) is 7.68. The fourth-order valence-corrected chi connectivity index (χ4v) is 3.72. The van der Waals surface area contributed by atoms with Gasteiger partial charge in [0.05, 0.1) is 22.9 Å². The molecule has 2 amide bonds. The van der Waals surface area contributed by atoms with E-state index in [2.05, 4.69) is 15.4 Å². The average molecular weight is 443 g/mol. The lowest BCUT2D eigenvalue weighted by Gasteiger charge is -2.20. The molecule has 1 atom stereocenters. The monoisotopic (exact) mass is 443 g/mol. The first-order valence-electron chi connectivity index (χ1n) is 9.89. The second-order valence-corrected chi connectivity index (χ2v) is 7.68. The molecule has 0 saturated carbocycles. The number of carbonyl (C=O) groups excluding carboxylic acids is 2. The molecule has 0 radical (unpaired) electrons. The largest absolute Gasteiger partial charge is 0.416 e. The molecule has 7 nitrogen and oxygen atoms in total. The van der Waals surface area contributed by atoms with Crippen molar-refractivity contribution in [1.29, 1.82) is 0 Å². The molecule has 1 fully saturated rings. The Kier molecular flexibility index (Phi) is 5.45.